The van der Waals surface area contributed by atoms with Crippen molar-refractivity contribution in [1.29, 1.82) is 0 Å². The number of thiophene rings is 1. The summed E-state index contributed by atoms with van der Waals surface area (Å²) in [7, 11) is 0. The number of guanidine groups is 1. The number of carbonyl (C=O) groups is 1. The molecule has 5 nitrogen and oxygen atoms in total. The van der Waals surface area contributed by atoms with Crippen LogP contribution in [-0.2, 0) is 9.53 Å². The van der Waals surface area contributed by atoms with Crippen molar-refractivity contribution < 1.29 is 9.53 Å². The number of nitrogens with one attached hydrogen (secondary N) is 2. The molecule has 0 spiro atoms. The number of hydrogen-bond acceptors (Lipinski definition) is 4. The highest BCUT2D eigenvalue weighted by atomic mass is 32.1. The molecule has 0 amide bonds. The zero-order valence-corrected chi connectivity index (χ0v) is 14.9. The van der Waals surface area contributed by atoms with Gasteiger partial charge < -0.3 is 15.4 Å². The Morgan fingerprint density at radius 1 is 1.41 bits per heavy atom. The molecule has 1 aromatic rings. The van der Waals surface area contributed by atoms with Crippen molar-refractivity contribution in [1.82, 2.24) is 10.6 Å². The molecular weight excluding hydrogens is 298 g/mol. The third-order valence-electron chi connectivity index (χ3n) is 2.82. The van der Waals surface area contributed by atoms with Crippen molar-refractivity contribution in [3.8, 4) is 0 Å². The fourth-order valence-electron chi connectivity index (χ4n) is 1.78. The van der Waals surface area contributed by atoms with Gasteiger partial charge in [0, 0.05) is 13.1 Å². The van der Waals surface area contributed by atoms with Crippen molar-refractivity contribution in [3.05, 3.63) is 22.4 Å². The summed E-state index contributed by atoms with van der Waals surface area (Å²) >= 11 is 1.70. The number of carbonyl (C=O) groups excluding carboxylic acids is 1. The third kappa shape index (κ3) is 7.45. The van der Waals surface area contributed by atoms with E-state index in [1.54, 1.807) is 11.3 Å². The van der Waals surface area contributed by atoms with Crippen molar-refractivity contribution in [2.24, 2.45) is 4.99 Å². The molecule has 0 fully saturated rings. The smallest absolute Gasteiger partial charge is 0.328 e. The minimum atomic E-state index is -0.480. The molecule has 2 N–H and O–H groups in total. The Morgan fingerprint density at radius 2 is 2.14 bits per heavy atom. The van der Waals surface area contributed by atoms with Gasteiger partial charge in [0.2, 0.25) is 0 Å². The zero-order chi connectivity index (χ0) is 16.6. The van der Waals surface area contributed by atoms with Gasteiger partial charge in [-0.15, -0.1) is 0 Å². The summed E-state index contributed by atoms with van der Waals surface area (Å²) in [5, 5.41) is 10.6. The largest absolute Gasteiger partial charge is 0.459 e. The highest BCUT2D eigenvalue weighted by Gasteiger charge is 2.16. The molecular formula is C16H27N3O2S. The van der Waals surface area contributed by atoms with Crippen LogP contribution < -0.4 is 10.6 Å². The lowest BCUT2D eigenvalue weighted by atomic mass is 10.1. The number of ether oxygens (including phenoxy) is 1. The third-order valence-corrected chi connectivity index (χ3v) is 3.52. The molecule has 0 radical (unpaired) electrons. The number of aliphatic imine (C=N–C) groups is 1. The molecule has 0 aliphatic heterocycles. The first kappa shape index (κ1) is 18.5. The van der Waals surface area contributed by atoms with Gasteiger partial charge >= 0.3 is 5.97 Å². The van der Waals surface area contributed by atoms with Crippen LogP contribution in [-0.4, -0.2) is 37.2 Å². The fraction of sp³-hybridized carbons (Fsp3) is 0.625. The molecule has 1 unspecified atom stereocenters. The van der Waals surface area contributed by atoms with E-state index in [0.29, 0.717) is 11.9 Å². The maximum atomic E-state index is 11.7. The van der Waals surface area contributed by atoms with E-state index in [0.717, 1.165) is 13.1 Å². The van der Waals surface area contributed by atoms with Crippen LogP contribution in [0, 0.1) is 0 Å². The highest BCUT2D eigenvalue weighted by Crippen LogP contribution is 2.16. The van der Waals surface area contributed by atoms with Crippen molar-refractivity contribution in [2.45, 2.75) is 46.1 Å². The quantitative estimate of drug-likeness (QED) is 0.479. The van der Waals surface area contributed by atoms with Crippen LogP contribution in [0.25, 0.3) is 0 Å². The van der Waals surface area contributed by atoms with Crippen LogP contribution in [0.5, 0.6) is 0 Å². The van der Waals surface area contributed by atoms with Crippen LogP contribution >= 0.6 is 11.3 Å². The second-order valence-corrected chi connectivity index (χ2v) is 6.90. The monoisotopic (exact) mass is 325 g/mol. The highest BCUT2D eigenvalue weighted by molar-refractivity contribution is 7.07. The van der Waals surface area contributed by atoms with E-state index in [9.17, 15) is 4.79 Å². The molecule has 6 heteroatoms. The molecule has 0 aliphatic carbocycles. The van der Waals surface area contributed by atoms with Gasteiger partial charge in [0.1, 0.15) is 12.1 Å². The lowest BCUT2D eigenvalue weighted by Gasteiger charge is -2.19. The summed E-state index contributed by atoms with van der Waals surface area (Å²) in [6.07, 6.45) is 0. The first-order chi connectivity index (χ1) is 10.3. The summed E-state index contributed by atoms with van der Waals surface area (Å²) in [5.74, 6) is 0.697. The Kier molecular flexibility index (Phi) is 7.38. The van der Waals surface area contributed by atoms with E-state index in [1.165, 1.54) is 5.56 Å². The maximum Gasteiger partial charge on any atom is 0.328 e. The lowest BCUT2D eigenvalue weighted by Crippen LogP contribution is -2.39. The van der Waals surface area contributed by atoms with E-state index in [4.69, 9.17) is 4.74 Å². The molecule has 1 aromatic heterocycles. The first-order valence-corrected chi connectivity index (χ1v) is 8.52. The van der Waals surface area contributed by atoms with E-state index in [2.05, 4.69) is 39.4 Å². The standard InChI is InChI=1S/C16H27N3O2S/c1-6-17-15(19-10-14(20)21-16(3,4)5)18-9-12(2)13-7-8-22-11-13/h7-8,11-12H,6,9-10H2,1-5H3,(H2,17,18,19). The summed E-state index contributed by atoms with van der Waals surface area (Å²) < 4.78 is 5.25. The van der Waals surface area contributed by atoms with E-state index >= 15 is 0 Å². The summed E-state index contributed by atoms with van der Waals surface area (Å²) in [5.41, 5.74) is 0.826. The Bertz CT molecular complexity index is 478. The normalized spacial score (nSPS) is 13.6. The number of rotatable bonds is 6. The molecule has 124 valence electrons. The second kappa shape index (κ2) is 8.78. The van der Waals surface area contributed by atoms with E-state index in [1.807, 2.05) is 27.7 Å². The zero-order valence-electron chi connectivity index (χ0n) is 14.1. The van der Waals surface area contributed by atoms with Crippen molar-refractivity contribution in [2.75, 3.05) is 19.6 Å². The van der Waals surface area contributed by atoms with Crippen LogP contribution in [0.1, 0.15) is 46.1 Å². The molecule has 0 aromatic carbocycles. The maximum absolute atomic E-state index is 11.7. The minimum Gasteiger partial charge on any atom is -0.459 e. The number of nitrogens with zero attached hydrogens (tertiary/aromatic N) is 1. The van der Waals surface area contributed by atoms with E-state index in [-0.39, 0.29) is 12.5 Å². The predicted octanol–water partition coefficient (Wildman–Crippen LogP) is 2.75. The topological polar surface area (TPSA) is 62.7 Å². The Balaban J connectivity index is 2.50. The van der Waals surface area contributed by atoms with Crippen LogP contribution in [0.4, 0.5) is 0 Å². The van der Waals surface area contributed by atoms with Gasteiger partial charge in [0.05, 0.1) is 0 Å². The molecule has 0 aliphatic rings. The number of esters is 1. The van der Waals surface area contributed by atoms with Gasteiger partial charge in [0.15, 0.2) is 5.96 Å². The van der Waals surface area contributed by atoms with Crippen LogP contribution in [0.2, 0.25) is 0 Å². The summed E-state index contributed by atoms with van der Waals surface area (Å²) in [6, 6.07) is 2.13. The molecule has 0 saturated carbocycles. The molecule has 1 atom stereocenters. The van der Waals surface area contributed by atoms with Gasteiger partial charge in [-0.05, 0) is 56.0 Å². The SMILES string of the molecule is CCNC(=NCC(=O)OC(C)(C)C)NCC(C)c1ccsc1. The fourth-order valence-corrected chi connectivity index (χ4v) is 2.56. The van der Waals surface area contributed by atoms with Gasteiger partial charge in [-0.25, -0.2) is 4.99 Å². The van der Waals surface area contributed by atoms with Gasteiger partial charge in [-0.2, -0.15) is 11.3 Å². The Morgan fingerprint density at radius 3 is 2.68 bits per heavy atom. The average molecular weight is 325 g/mol. The lowest BCUT2D eigenvalue weighted by molar-refractivity contribution is -0.152. The van der Waals surface area contributed by atoms with Gasteiger partial charge in [-0.3, -0.25) is 4.79 Å². The summed E-state index contributed by atoms with van der Waals surface area (Å²) in [4.78, 5) is 16.0. The Labute approximate surface area is 137 Å². The molecule has 0 saturated heterocycles. The van der Waals surface area contributed by atoms with Crippen LogP contribution in [0.15, 0.2) is 21.8 Å². The molecule has 1 heterocycles. The first-order valence-electron chi connectivity index (χ1n) is 7.58. The molecule has 22 heavy (non-hydrogen) atoms. The van der Waals surface area contributed by atoms with Gasteiger partial charge in [-0.1, -0.05) is 6.92 Å². The molecule has 1 rings (SSSR count). The molecule has 0 bridgehead atoms. The second-order valence-electron chi connectivity index (χ2n) is 6.12. The van der Waals surface area contributed by atoms with Gasteiger partial charge in [0.25, 0.3) is 0 Å². The summed E-state index contributed by atoms with van der Waals surface area (Å²) in [6.45, 7) is 11.2. The van der Waals surface area contributed by atoms with E-state index < -0.39 is 5.60 Å². The predicted molar refractivity (Wildman–Crippen MR) is 92.6 cm³/mol. The van der Waals surface area contributed by atoms with Crippen molar-refractivity contribution in [3.63, 3.8) is 0 Å². The average Bonchev–Trinajstić information content (AvgIpc) is 2.93. The Hall–Kier alpha value is -1.56. The van der Waals surface area contributed by atoms with Crippen LogP contribution in [0.3, 0.4) is 0 Å². The van der Waals surface area contributed by atoms with Crippen molar-refractivity contribution >= 4 is 23.3 Å². The minimum absolute atomic E-state index is 0.0133. The number of hydrogen-bond donors (Lipinski definition) is 2.